The van der Waals surface area contributed by atoms with Crippen molar-refractivity contribution in [2.75, 3.05) is 45.4 Å². The number of anilines is 1. The molecule has 0 spiro atoms. The normalized spacial score (nSPS) is 23.3. The van der Waals surface area contributed by atoms with Gasteiger partial charge in [-0.3, -0.25) is 4.99 Å². The average Bonchev–Trinajstić information content (AvgIpc) is 2.92. The van der Waals surface area contributed by atoms with Gasteiger partial charge in [0.25, 0.3) is 0 Å². The molecule has 0 radical (unpaired) electrons. The lowest BCUT2D eigenvalue weighted by atomic mass is 10.0. The Labute approximate surface area is 158 Å². The van der Waals surface area contributed by atoms with Gasteiger partial charge in [-0.05, 0) is 12.1 Å². The monoisotopic (exact) mass is 449 g/mol. The number of rotatable bonds is 4. The lowest BCUT2D eigenvalue weighted by Crippen LogP contribution is -2.37. The second-order valence-electron chi connectivity index (χ2n) is 5.73. The van der Waals surface area contributed by atoms with Gasteiger partial charge in [-0.15, -0.1) is 24.0 Å². The van der Waals surface area contributed by atoms with Crippen LogP contribution < -0.4 is 20.5 Å². The van der Waals surface area contributed by atoms with Crippen LogP contribution in [0.1, 0.15) is 12.8 Å². The van der Waals surface area contributed by atoms with Crippen molar-refractivity contribution in [3.05, 3.63) is 18.2 Å². The third-order valence-corrected chi connectivity index (χ3v) is 4.06. The van der Waals surface area contributed by atoms with Crippen LogP contribution in [-0.4, -0.2) is 51.6 Å². The molecule has 2 aliphatic heterocycles. The lowest BCUT2D eigenvalue weighted by Gasteiger charge is -2.23. The fourth-order valence-corrected chi connectivity index (χ4v) is 2.60. The topological polar surface area (TPSA) is 87.3 Å². The minimum absolute atomic E-state index is 0. The molecule has 1 aromatic rings. The highest BCUT2D eigenvalue weighted by atomic mass is 127. The molecule has 1 aromatic carbocycles. The average molecular weight is 449 g/mol. The number of nitrogens with zero attached hydrogens (tertiary/aromatic N) is 1. The zero-order chi connectivity index (χ0) is 16.1. The van der Waals surface area contributed by atoms with E-state index in [1.807, 2.05) is 18.2 Å². The van der Waals surface area contributed by atoms with Crippen molar-refractivity contribution in [3.8, 4) is 11.5 Å². The second-order valence-corrected chi connectivity index (χ2v) is 5.73. The van der Waals surface area contributed by atoms with Gasteiger partial charge in [-0.25, -0.2) is 0 Å². The van der Waals surface area contributed by atoms with Gasteiger partial charge in [-0.2, -0.15) is 0 Å². The van der Waals surface area contributed by atoms with Gasteiger partial charge in [0.2, 0.25) is 0 Å². The lowest BCUT2D eigenvalue weighted by molar-refractivity contribution is -0.00900. The van der Waals surface area contributed by atoms with E-state index < -0.39 is 0 Å². The number of hydrogen-bond donors (Lipinski definition) is 2. The van der Waals surface area contributed by atoms with Gasteiger partial charge in [0.05, 0.1) is 26.4 Å². The van der Waals surface area contributed by atoms with Gasteiger partial charge >= 0.3 is 0 Å². The van der Waals surface area contributed by atoms with Crippen LogP contribution in [-0.2, 0) is 9.47 Å². The molecule has 7 nitrogen and oxygen atoms in total. The minimum atomic E-state index is -0.364. The molecule has 1 saturated heterocycles. The maximum absolute atomic E-state index is 5.97. The Hall–Kier alpha value is -1.26. The maximum atomic E-state index is 5.97. The van der Waals surface area contributed by atoms with Crippen LogP contribution in [0.15, 0.2) is 23.2 Å². The number of nitrogens with one attached hydrogen (secondary N) is 1. The van der Waals surface area contributed by atoms with Crippen molar-refractivity contribution in [3.63, 3.8) is 0 Å². The van der Waals surface area contributed by atoms with E-state index >= 15 is 0 Å². The molecule has 3 rings (SSSR count). The first-order valence-electron chi connectivity index (χ1n) is 7.80. The molecule has 8 heteroatoms. The van der Waals surface area contributed by atoms with Crippen molar-refractivity contribution in [2.45, 2.75) is 18.4 Å². The highest BCUT2D eigenvalue weighted by molar-refractivity contribution is 14.0. The standard InChI is InChI=1S/C16H23N3O4.HI/c1-20-16(5-8-21-11-16)10-18-15(17)19-12-3-4-13-14(9-12)23-7-2-6-22-13;/h3-4,9H,2,5-8,10-11H2,1H3,(H3,17,18,19);1H. The van der Waals surface area contributed by atoms with Crippen LogP contribution in [0.3, 0.4) is 0 Å². The number of hydrogen-bond acceptors (Lipinski definition) is 5. The van der Waals surface area contributed by atoms with Crippen molar-refractivity contribution in [1.82, 2.24) is 0 Å². The molecular weight excluding hydrogens is 425 g/mol. The zero-order valence-electron chi connectivity index (χ0n) is 13.7. The van der Waals surface area contributed by atoms with Crippen molar-refractivity contribution < 1.29 is 18.9 Å². The third kappa shape index (κ3) is 4.64. The molecule has 0 saturated carbocycles. The highest BCUT2D eigenvalue weighted by Gasteiger charge is 2.34. The van der Waals surface area contributed by atoms with E-state index in [9.17, 15) is 0 Å². The summed E-state index contributed by atoms with van der Waals surface area (Å²) < 4.78 is 22.2. The van der Waals surface area contributed by atoms with Crippen molar-refractivity contribution in [1.29, 1.82) is 0 Å². The van der Waals surface area contributed by atoms with Crippen LogP contribution in [0, 0.1) is 0 Å². The summed E-state index contributed by atoms with van der Waals surface area (Å²) in [6, 6.07) is 5.63. The van der Waals surface area contributed by atoms with Gasteiger partial charge in [-0.1, -0.05) is 0 Å². The summed E-state index contributed by atoms with van der Waals surface area (Å²) in [5.74, 6) is 1.81. The van der Waals surface area contributed by atoms with Crippen molar-refractivity contribution in [2.24, 2.45) is 10.7 Å². The molecular formula is C16H24IN3O4. The molecule has 1 atom stereocenters. The summed E-state index contributed by atoms with van der Waals surface area (Å²) in [5, 5.41) is 3.07. The van der Waals surface area contributed by atoms with Gasteiger partial charge < -0.3 is 30.0 Å². The van der Waals surface area contributed by atoms with Gasteiger partial charge in [0.15, 0.2) is 17.5 Å². The van der Waals surface area contributed by atoms with E-state index in [-0.39, 0.29) is 29.6 Å². The molecule has 1 fully saturated rings. The fraction of sp³-hybridized carbons (Fsp3) is 0.562. The third-order valence-electron chi connectivity index (χ3n) is 4.06. The first-order chi connectivity index (χ1) is 11.2. The van der Waals surface area contributed by atoms with E-state index in [4.69, 9.17) is 24.7 Å². The number of guanidine groups is 1. The molecule has 2 heterocycles. The molecule has 134 valence electrons. The molecule has 0 aromatic heterocycles. The summed E-state index contributed by atoms with van der Waals surface area (Å²) in [4.78, 5) is 4.38. The van der Waals surface area contributed by atoms with Crippen LogP contribution >= 0.6 is 24.0 Å². The van der Waals surface area contributed by atoms with Crippen LogP contribution in [0.5, 0.6) is 11.5 Å². The molecule has 1 unspecified atom stereocenters. The Kier molecular flexibility index (Phi) is 6.93. The quantitative estimate of drug-likeness (QED) is 0.416. The van der Waals surface area contributed by atoms with E-state index in [1.165, 1.54) is 0 Å². The second kappa shape index (κ2) is 8.72. The fourth-order valence-electron chi connectivity index (χ4n) is 2.60. The number of ether oxygens (including phenoxy) is 4. The number of fused-ring (bicyclic) bond motifs is 1. The van der Waals surface area contributed by atoms with E-state index in [0.29, 0.717) is 38.9 Å². The van der Waals surface area contributed by atoms with E-state index in [0.717, 1.165) is 30.0 Å². The SMILES string of the molecule is COC1(CN=C(N)Nc2ccc3c(c2)OCCCO3)CCOC1.I. The Balaban J connectivity index is 0.00000208. The highest BCUT2D eigenvalue weighted by Crippen LogP contribution is 2.32. The largest absolute Gasteiger partial charge is 0.490 e. The first-order valence-corrected chi connectivity index (χ1v) is 7.80. The predicted molar refractivity (Wildman–Crippen MR) is 103 cm³/mol. The number of benzene rings is 1. The number of methoxy groups -OCH3 is 1. The molecule has 0 aliphatic carbocycles. The number of nitrogens with two attached hydrogens (primary N) is 1. The summed E-state index contributed by atoms with van der Waals surface area (Å²) in [5.41, 5.74) is 6.42. The Bertz CT molecular complexity index is 576. The molecule has 2 aliphatic rings. The summed E-state index contributed by atoms with van der Waals surface area (Å²) >= 11 is 0. The molecule has 3 N–H and O–H groups in total. The minimum Gasteiger partial charge on any atom is -0.490 e. The van der Waals surface area contributed by atoms with Crippen LogP contribution in [0.4, 0.5) is 5.69 Å². The predicted octanol–water partition coefficient (Wildman–Crippen LogP) is 2.00. The molecule has 0 bridgehead atoms. The van der Waals surface area contributed by atoms with E-state index in [2.05, 4.69) is 10.3 Å². The first kappa shape index (κ1) is 19.1. The van der Waals surface area contributed by atoms with Gasteiger partial charge in [0.1, 0.15) is 5.60 Å². The number of aliphatic imine (C=N–C) groups is 1. The van der Waals surface area contributed by atoms with Crippen LogP contribution in [0.2, 0.25) is 0 Å². The number of halogens is 1. The van der Waals surface area contributed by atoms with Gasteiger partial charge in [0, 0.05) is 38.3 Å². The molecule has 0 amide bonds. The Morgan fingerprint density at radius 2 is 2.08 bits per heavy atom. The summed E-state index contributed by atoms with van der Waals surface area (Å²) in [6.07, 6.45) is 1.70. The zero-order valence-corrected chi connectivity index (χ0v) is 16.1. The maximum Gasteiger partial charge on any atom is 0.193 e. The Morgan fingerprint density at radius 3 is 2.79 bits per heavy atom. The van der Waals surface area contributed by atoms with Crippen LogP contribution in [0.25, 0.3) is 0 Å². The summed E-state index contributed by atoms with van der Waals surface area (Å²) in [6.45, 7) is 3.02. The molecule has 24 heavy (non-hydrogen) atoms. The van der Waals surface area contributed by atoms with E-state index in [1.54, 1.807) is 7.11 Å². The summed E-state index contributed by atoms with van der Waals surface area (Å²) in [7, 11) is 1.68. The van der Waals surface area contributed by atoms with Crippen molar-refractivity contribution >= 4 is 35.6 Å². The smallest absolute Gasteiger partial charge is 0.193 e. The Morgan fingerprint density at radius 1 is 1.29 bits per heavy atom.